The summed E-state index contributed by atoms with van der Waals surface area (Å²) in [5.41, 5.74) is 2.36. The number of aromatic nitrogens is 1. The minimum atomic E-state index is -0.288. The van der Waals surface area contributed by atoms with Crippen molar-refractivity contribution >= 4 is 11.7 Å². The van der Waals surface area contributed by atoms with Gasteiger partial charge in [0.05, 0.1) is 32.8 Å². The molecule has 1 amide bonds. The van der Waals surface area contributed by atoms with Crippen LogP contribution in [0.25, 0.3) is 11.5 Å². The van der Waals surface area contributed by atoms with Gasteiger partial charge in [0, 0.05) is 12.1 Å². The first-order valence-electron chi connectivity index (χ1n) is 9.31. The second kappa shape index (κ2) is 9.23. The Hall–Kier alpha value is -3.35. The number of hydrogen-bond donors (Lipinski definition) is 1. The van der Waals surface area contributed by atoms with Crippen molar-refractivity contribution in [2.24, 2.45) is 0 Å². The number of carbonyl (C=O) groups excluding carboxylic acids is 2. The van der Waals surface area contributed by atoms with E-state index < -0.39 is 0 Å². The number of ketones is 1. The van der Waals surface area contributed by atoms with Crippen LogP contribution in [0, 0.1) is 6.92 Å². The van der Waals surface area contributed by atoms with Gasteiger partial charge in [0.25, 0.3) is 0 Å². The van der Waals surface area contributed by atoms with Gasteiger partial charge >= 0.3 is 0 Å². The minimum Gasteiger partial charge on any atom is -0.493 e. The highest BCUT2D eigenvalue weighted by atomic mass is 16.5. The first kappa shape index (κ1) is 20.4. The van der Waals surface area contributed by atoms with E-state index in [2.05, 4.69) is 10.3 Å². The third-order valence-electron chi connectivity index (χ3n) is 4.61. The number of methoxy groups -OCH3 is 2. The summed E-state index contributed by atoms with van der Waals surface area (Å²) in [5, 5.41) is 2.77. The number of allylic oxidation sites excluding steroid dienone is 3. The maximum Gasteiger partial charge on any atom is 0.227 e. The number of carbonyl (C=O) groups is 2. The third kappa shape index (κ3) is 5.13. The number of nitrogens with zero attached hydrogens (tertiary/aromatic N) is 1. The van der Waals surface area contributed by atoms with Crippen molar-refractivity contribution in [3.8, 4) is 23.0 Å². The molecule has 1 aromatic carbocycles. The predicted molar refractivity (Wildman–Crippen MR) is 108 cm³/mol. The molecule has 2 aromatic rings. The second-order valence-corrected chi connectivity index (χ2v) is 6.72. The fourth-order valence-electron chi connectivity index (χ4n) is 3.01. The highest BCUT2D eigenvalue weighted by Crippen LogP contribution is 2.32. The topological polar surface area (TPSA) is 90.7 Å². The smallest absolute Gasteiger partial charge is 0.227 e. The molecule has 1 aliphatic rings. The van der Waals surface area contributed by atoms with E-state index in [1.54, 1.807) is 39.3 Å². The van der Waals surface area contributed by atoms with Crippen molar-refractivity contribution in [1.29, 1.82) is 0 Å². The monoisotopic (exact) mass is 396 g/mol. The lowest BCUT2D eigenvalue weighted by Crippen LogP contribution is -2.28. The Morgan fingerprint density at radius 2 is 2.00 bits per heavy atom. The normalized spacial score (nSPS) is 12.6. The largest absolute Gasteiger partial charge is 0.493 e. The Kier molecular flexibility index (Phi) is 6.49. The average Bonchev–Trinajstić information content (AvgIpc) is 3.36. The van der Waals surface area contributed by atoms with Gasteiger partial charge in [-0.05, 0) is 37.1 Å². The lowest BCUT2D eigenvalue weighted by atomic mass is 10.1. The lowest BCUT2D eigenvalue weighted by Gasteiger charge is -2.07. The van der Waals surface area contributed by atoms with E-state index in [0.717, 1.165) is 12.0 Å². The number of amides is 1. The van der Waals surface area contributed by atoms with Crippen LogP contribution in [0.3, 0.4) is 0 Å². The number of rotatable bonds is 9. The van der Waals surface area contributed by atoms with Gasteiger partial charge in [-0.25, -0.2) is 4.98 Å². The standard InChI is InChI=1S/C22H24N2O5/c1-14-18(11-17(25)12-21(26)23-13-15-6-4-5-7-15)24-22(29-14)16-8-9-19(27-2)20(10-16)28-3/h4-6,8-10H,7,11-13H2,1-3H3,(H,23,26). The van der Waals surface area contributed by atoms with Crippen molar-refractivity contribution in [1.82, 2.24) is 10.3 Å². The second-order valence-electron chi connectivity index (χ2n) is 6.72. The molecule has 152 valence electrons. The van der Waals surface area contributed by atoms with Crippen molar-refractivity contribution in [3.05, 3.63) is 53.5 Å². The third-order valence-corrected chi connectivity index (χ3v) is 4.61. The van der Waals surface area contributed by atoms with Gasteiger partial charge in [-0.3, -0.25) is 9.59 Å². The number of oxazole rings is 1. The number of aryl methyl sites for hydroxylation is 1. The van der Waals surface area contributed by atoms with Gasteiger partial charge in [-0.2, -0.15) is 0 Å². The molecule has 1 aliphatic carbocycles. The summed E-state index contributed by atoms with van der Waals surface area (Å²) in [6, 6.07) is 5.33. The highest BCUT2D eigenvalue weighted by Gasteiger charge is 2.18. The fourth-order valence-corrected chi connectivity index (χ4v) is 3.01. The van der Waals surface area contributed by atoms with Gasteiger partial charge < -0.3 is 19.2 Å². The van der Waals surface area contributed by atoms with Crippen LogP contribution in [-0.4, -0.2) is 37.4 Å². The van der Waals surface area contributed by atoms with Gasteiger partial charge in [0.1, 0.15) is 11.5 Å². The van der Waals surface area contributed by atoms with Crippen molar-refractivity contribution in [3.63, 3.8) is 0 Å². The van der Waals surface area contributed by atoms with E-state index in [-0.39, 0.29) is 24.5 Å². The molecule has 1 aromatic heterocycles. The van der Waals surface area contributed by atoms with Crippen LogP contribution in [0.1, 0.15) is 24.3 Å². The van der Waals surface area contributed by atoms with Gasteiger partial charge in [-0.15, -0.1) is 0 Å². The van der Waals surface area contributed by atoms with E-state index in [4.69, 9.17) is 13.9 Å². The summed E-state index contributed by atoms with van der Waals surface area (Å²) in [5.74, 6) is 1.59. The molecule has 3 rings (SSSR count). The molecule has 1 N–H and O–H groups in total. The summed E-state index contributed by atoms with van der Waals surface area (Å²) >= 11 is 0. The molecule has 29 heavy (non-hydrogen) atoms. The SMILES string of the molecule is COc1ccc(-c2nc(CC(=O)CC(=O)NCC3=CC=CC3)c(C)o2)cc1OC. The van der Waals surface area contributed by atoms with E-state index in [1.807, 2.05) is 18.2 Å². The Balaban J connectivity index is 1.61. The van der Waals surface area contributed by atoms with Crippen LogP contribution in [0.15, 0.2) is 46.4 Å². The summed E-state index contributed by atoms with van der Waals surface area (Å²) in [6.45, 7) is 2.21. The molecule has 0 atom stereocenters. The molecule has 0 fully saturated rings. The maximum absolute atomic E-state index is 12.3. The maximum atomic E-state index is 12.3. The molecule has 0 bridgehead atoms. The zero-order chi connectivity index (χ0) is 20.8. The Labute approximate surface area is 169 Å². The number of nitrogens with one attached hydrogen (secondary N) is 1. The molecule has 7 nitrogen and oxygen atoms in total. The molecule has 0 saturated heterocycles. The minimum absolute atomic E-state index is 0.0420. The first-order valence-corrected chi connectivity index (χ1v) is 9.31. The van der Waals surface area contributed by atoms with Gasteiger partial charge in [0.15, 0.2) is 11.5 Å². The highest BCUT2D eigenvalue weighted by molar-refractivity contribution is 5.98. The quantitative estimate of drug-likeness (QED) is 0.655. The predicted octanol–water partition coefficient (Wildman–Crippen LogP) is 3.17. The van der Waals surface area contributed by atoms with Crippen LogP contribution in [0.5, 0.6) is 11.5 Å². The zero-order valence-corrected chi connectivity index (χ0v) is 16.8. The molecule has 0 saturated carbocycles. The molecule has 0 aliphatic heterocycles. The van der Waals surface area contributed by atoms with Crippen molar-refractivity contribution in [2.45, 2.75) is 26.2 Å². The van der Waals surface area contributed by atoms with E-state index in [1.165, 1.54) is 0 Å². The van der Waals surface area contributed by atoms with Crippen LogP contribution in [0.4, 0.5) is 0 Å². The number of benzene rings is 1. The molecule has 0 radical (unpaired) electrons. The summed E-state index contributed by atoms with van der Waals surface area (Å²) in [4.78, 5) is 28.7. The molecule has 7 heteroatoms. The van der Waals surface area contributed by atoms with Crippen molar-refractivity contribution in [2.75, 3.05) is 20.8 Å². The Morgan fingerprint density at radius 3 is 2.69 bits per heavy atom. The van der Waals surface area contributed by atoms with Crippen LogP contribution in [0.2, 0.25) is 0 Å². The van der Waals surface area contributed by atoms with Gasteiger partial charge in [0.2, 0.25) is 11.8 Å². The van der Waals surface area contributed by atoms with E-state index in [9.17, 15) is 9.59 Å². The van der Waals surface area contributed by atoms with Crippen LogP contribution in [-0.2, 0) is 16.0 Å². The van der Waals surface area contributed by atoms with E-state index in [0.29, 0.717) is 41.0 Å². The zero-order valence-electron chi connectivity index (χ0n) is 16.8. The average molecular weight is 396 g/mol. The number of ether oxygens (including phenoxy) is 2. The van der Waals surface area contributed by atoms with Crippen LogP contribution >= 0.6 is 0 Å². The number of hydrogen-bond acceptors (Lipinski definition) is 6. The molecule has 1 heterocycles. The van der Waals surface area contributed by atoms with E-state index >= 15 is 0 Å². The van der Waals surface area contributed by atoms with Crippen molar-refractivity contribution < 1.29 is 23.5 Å². The number of Topliss-reactive ketones (excluding diaryl/α,β-unsaturated/α-hetero) is 1. The molecular weight excluding hydrogens is 372 g/mol. The first-order chi connectivity index (χ1) is 14.0. The lowest BCUT2D eigenvalue weighted by molar-refractivity contribution is -0.127. The summed E-state index contributed by atoms with van der Waals surface area (Å²) < 4.78 is 16.3. The molecule has 0 unspecified atom stereocenters. The fraction of sp³-hybridized carbons (Fsp3) is 0.318. The van der Waals surface area contributed by atoms with Gasteiger partial charge in [-0.1, -0.05) is 18.2 Å². The molecular formula is C22H24N2O5. The Bertz CT molecular complexity index is 972. The van der Waals surface area contributed by atoms with Crippen LogP contribution < -0.4 is 14.8 Å². The Morgan fingerprint density at radius 1 is 1.21 bits per heavy atom. The summed E-state index contributed by atoms with van der Waals surface area (Å²) in [6.07, 6.45) is 6.65. The summed E-state index contributed by atoms with van der Waals surface area (Å²) in [7, 11) is 3.12. The molecule has 0 spiro atoms.